The first-order chi connectivity index (χ1) is 17.5. The molecule has 3 N–H and O–H groups in total. The standard InChI is InChI=1S/C25H22FN5O4S/c26-17-7-5-16(6-8-17)20-9-11-31(30-20)22-19(4-1-10-28-22)23(32)29-21(15-18-3-2-14-36-18)25(24(27)33)34-12-13-35-25/h1-11,14,21H,12-13,15H2,(H2,27,33)(H,29,32). The average molecular weight is 508 g/mol. The first kappa shape index (κ1) is 23.8. The lowest BCUT2D eigenvalue weighted by molar-refractivity contribution is -0.189. The molecule has 1 fully saturated rings. The number of hydrogen-bond acceptors (Lipinski definition) is 7. The molecule has 36 heavy (non-hydrogen) atoms. The van der Waals surface area contributed by atoms with Crippen molar-refractivity contribution in [1.82, 2.24) is 20.1 Å². The molecule has 0 saturated carbocycles. The number of nitrogens with one attached hydrogen (secondary N) is 1. The largest absolute Gasteiger partial charge is 0.365 e. The van der Waals surface area contributed by atoms with Crippen LogP contribution in [0.1, 0.15) is 15.2 Å². The molecule has 1 aromatic carbocycles. The van der Waals surface area contributed by atoms with Crippen molar-refractivity contribution in [2.75, 3.05) is 13.2 Å². The molecule has 1 saturated heterocycles. The Balaban J connectivity index is 1.45. The smallest absolute Gasteiger partial charge is 0.280 e. The van der Waals surface area contributed by atoms with Crippen molar-refractivity contribution < 1.29 is 23.5 Å². The van der Waals surface area contributed by atoms with E-state index in [4.69, 9.17) is 15.2 Å². The lowest BCUT2D eigenvalue weighted by Gasteiger charge is -2.33. The normalized spacial score (nSPS) is 15.5. The number of nitrogens with zero attached hydrogens (tertiary/aromatic N) is 3. The molecule has 9 nitrogen and oxygen atoms in total. The minimum Gasteiger partial charge on any atom is -0.365 e. The van der Waals surface area contributed by atoms with Crippen molar-refractivity contribution in [2.45, 2.75) is 18.2 Å². The second-order valence-electron chi connectivity index (χ2n) is 8.07. The number of pyridine rings is 1. The summed E-state index contributed by atoms with van der Waals surface area (Å²) < 4.78 is 26.1. The van der Waals surface area contributed by atoms with Gasteiger partial charge < -0.3 is 20.5 Å². The zero-order valence-corrected chi connectivity index (χ0v) is 19.8. The van der Waals surface area contributed by atoms with Crippen molar-refractivity contribution in [1.29, 1.82) is 0 Å². The van der Waals surface area contributed by atoms with Crippen molar-refractivity contribution in [3.63, 3.8) is 0 Å². The van der Waals surface area contributed by atoms with E-state index in [-0.39, 0.29) is 36.8 Å². The summed E-state index contributed by atoms with van der Waals surface area (Å²) >= 11 is 1.48. The molecule has 1 atom stereocenters. The van der Waals surface area contributed by atoms with Gasteiger partial charge in [-0.3, -0.25) is 9.59 Å². The highest BCUT2D eigenvalue weighted by Gasteiger charge is 2.51. The SMILES string of the molecule is NC(=O)C1(C(Cc2cccs2)NC(=O)c2cccnc2-n2ccc(-c3ccc(F)cc3)n2)OCCO1. The van der Waals surface area contributed by atoms with Crippen LogP contribution in [-0.2, 0) is 20.7 Å². The minimum absolute atomic E-state index is 0.178. The Kier molecular flexibility index (Phi) is 6.59. The highest BCUT2D eigenvalue weighted by atomic mass is 32.1. The third-order valence-corrected chi connectivity index (χ3v) is 6.69. The van der Waals surface area contributed by atoms with Crippen LogP contribution in [0, 0.1) is 5.82 Å². The lowest BCUT2D eigenvalue weighted by atomic mass is 10.0. The van der Waals surface area contributed by atoms with E-state index in [0.717, 1.165) is 4.88 Å². The molecule has 184 valence electrons. The number of amides is 2. The van der Waals surface area contributed by atoms with Crippen molar-refractivity contribution in [2.24, 2.45) is 5.73 Å². The number of primary amides is 1. The van der Waals surface area contributed by atoms with Crippen LogP contribution in [0.25, 0.3) is 17.1 Å². The zero-order chi connectivity index (χ0) is 25.1. The van der Waals surface area contributed by atoms with E-state index in [1.807, 2.05) is 17.5 Å². The number of thiophene rings is 1. The molecule has 2 amide bonds. The van der Waals surface area contributed by atoms with Crippen molar-refractivity contribution in [3.8, 4) is 17.1 Å². The van der Waals surface area contributed by atoms with Crippen LogP contribution in [0.4, 0.5) is 4.39 Å². The summed E-state index contributed by atoms with van der Waals surface area (Å²) in [6, 6.07) is 13.8. The van der Waals surface area contributed by atoms with Crippen LogP contribution < -0.4 is 11.1 Å². The first-order valence-electron chi connectivity index (χ1n) is 11.1. The average Bonchev–Trinajstić information content (AvgIpc) is 3.66. The van der Waals surface area contributed by atoms with Crippen LogP contribution in [0.2, 0.25) is 0 Å². The molecule has 0 bridgehead atoms. The third kappa shape index (κ3) is 4.63. The van der Waals surface area contributed by atoms with E-state index in [2.05, 4.69) is 15.4 Å². The molecule has 1 aliphatic heterocycles. The van der Waals surface area contributed by atoms with Gasteiger partial charge in [0.1, 0.15) is 5.82 Å². The molecular formula is C25H22FN5O4S. The van der Waals surface area contributed by atoms with Crippen LogP contribution in [0.15, 0.2) is 72.4 Å². The minimum atomic E-state index is -1.79. The van der Waals surface area contributed by atoms with E-state index < -0.39 is 23.6 Å². The number of aromatic nitrogens is 3. The van der Waals surface area contributed by atoms with Crippen LogP contribution in [0.5, 0.6) is 0 Å². The molecule has 4 heterocycles. The fourth-order valence-electron chi connectivity index (χ4n) is 4.06. The number of rotatable bonds is 8. The predicted octanol–water partition coefficient (Wildman–Crippen LogP) is 2.70. The highest BCUT2D eigenvalue weighted by molar-refractivity contribution is 7.09. The lowest BCUT2D eigenvalue weighted by Crippen LogP contribution is -2.61. The Bertz CT molecular complexity index is 1370. The Morgan fingerprint density at radius 1 is 1.14 bits per heavy atom. The molecule has 0 spiro atoms. The fourth-order valence-corrected chi connectivity index (χ4v) is 4.81. The fraction of sp³-hybridized carbons (Fsp3) is 0.200. The van der Waals surface area contributed by atoms with Gasteiger partial charge in [0.2, 0.25) is 0 Å². The number of halogens is 1. The summed E-state index contributed by atoms with van der Waals surface area (Å²) in [5.41, 5.74) is 7.20. The van der Waals surface area contributed by atoms with Gasteiger partial charge in [0.25, 0.3) is 17.6 Å². The Hall–Kier alpha value is -3.93. The monoisotopic (exact) mass is 507 g/mol. The highest BCUT2D eigenvalue weighted by Crippen LogP contribution is 2.28. The van der Waals surface area contributed by atoms with Gasteiger partial charge in [0, 0.05) is 29.3 Å². The summed E-state index contributed by atoms with van der Waals surface area (Å²) in [5.74, 6) is -3.17. The van der Waals surface area contributed by atoms with Gasteiger partial charge in [-0.1, -0.05) is 6.07 Å². The second kappa shape index (κ2) is 9.97. The molecular weight excluding hydrogens is 485 g/mol. The van der Waals surface area contributed by atoms with Gasteiger partial charge in [0.05, 0.1) is 30.5 Å². The predicted molar refractivity (Wildman–Crippen MR) is 130 cm³/mol. The molecule has 11 heteroatoms. The van der Waals surface area contributed by atoms with Crippen molar-refractivity contribution >= 4 is 23.2 Å². The molecule has 4 aromatic rings. The van der Waals surface area contributed by atoms with E-state index >= 15 is 0 Å². The summed E-state index contributed by atoms with van der Waals surface area (Å²) in [6.45, 7) is 0.356. The maximum absolute atomic E-state index is 13.5. The number of hydrogen-bond donors (Lipinski definition) is 2. The van der Waals surface area contributed by atoms with Gasteiger partial charge in [-0.05, 0) is 53.9 Å². The maximum Gasteiger partial charge on any atom is 0.280 e. The van der Waals surface area contributed by atoms with E-state index in [0.29, 0.717) is 11.3 Å². The number of carbonyl (C=O) groups is 2. The molecule has 5 rings (SSSR count). The Morgan fingerprint density at radius 2 is 1.92 bits per heavy atom. The number of carbonyl (C=O) groups excluding carboxylic acids is 2. The van der Waals surface area contributed by atoms with Crippen LogP contribution in [-0.4, -0.2) is 51.6 Å². The molecule has 0 radical (unpaired) electrons. The summed E-state index contributed by atoms with van der Waals surface area (Å²) in [6.07, 6.45) is 3.48. The first-order valence-corrected chi connectivity index (χ1v) is 12.0. The molecule has 3 aromatic heterocycles. The topological polar surface area (TPSA) is 121 Å². The Labute approximate surface area is 209 Å². The van der Waals surface area contributed by atoms with Crippen LogP contribution in [0.3, 0.4) is 0 Å². The van der Waals surface area contributed by atoms with E-state index in [1.165, 1.54) is 28.2 Å². The third-order valence-electron chi connectivity index (χ3n) is 5.79. The van der Waals surface area contributed by atoms with E-state index in [1.54, 1.807) is 42.7 Å². The molecule has 1 unspecified atom stereocenters. The second-order valence-corrected chi connectivity index (χ2v) is 9.10. The molecule has 0 aliphatic carbocycles. The number of nitrogens with two attached hydrogens (primary N) is 1. The van der Waals surface area contributed by atoms with Gasteiger partial charge >= 0.3 is 0 Å². The van der Waals surface area contributed by atoms with Gasteiger partial charge in [-0.2, -0.15) is 5.10 Å². The van der Waals surface area contributed by atoms with Gasteiger partial charge in [-0.25, -0.2) is 14.1 Å². The van der Waals surface area contributed by atoms with Gasteiger partial charge in [0.15, 0.2) is 5.82 Å². The Morgan fingerprint density at radius 3 is 2.61 bits per heavy atom. The van der Waals surface area contributed by atoms with Crippen LogP contribution >= 0.6 is 11.3 Å². The molecule has 1 aliphatic rings. The number of benzene rings is 1. The van der Waals surface area contributed by atoms with E-state index in [9.17, 15) is 14.0 Å². The quantitative estimate of drug-likeness (QED) is 0.378. The zero-order valence-electron chi connectivity index (χ0n) is 19.0. The van der Waals surface area contributed by atoms with Gasteiger partial charge in [-0.15, -0.1) is 11.3 Å². The van der Waals surface area contributed by atoms with Crippen molar-refractivity contribution in [3.05, 3.63) is 88.6 Å². The summed E-state index contributed by atoms with van der Waals surface area (Å²) in [5, 5.41) is 9.30. The summed E-state index contributed by atoms with van der Waals surface area (Å²) in [4.78, 5) is 31.2. The maximum atomic E-state index is 13.5. The summed E-state index contributed by atoms with van der Waals surface area (Å²) in [7, 11) is 0. The number of ether oxygens (including phenoxy) is 2.